The number of nitrogens with zero attached hydrogens (tertiary/aromatic N) is 1. The molecule has 0 radical (unpaired) electrons. The molecule has 1 aliphatic rings. The topological polar surface area (TPSA) is 87.7 Å². The first-order valence-electron chi connectivity index (χ1n) is 9.92. The summed E-state index contributed by atoms with van der Waals surface area (Å²) in [6, 6.07) is 7.26. The predicted octanol–water partition coefficient (Wildman–Crippen LogP) is 3.33. The molecule has 2 rings (SSSR count). The van der Waals surface area contributed by atoms with Gasteiger partial charge in [0.05, 0.1) is 0 Å². The van der Waals surface area contributed by atoms with Gasteiger partial charge in [-0.05, 0) is 63.8 Å². The highest BCUT2D eigenvalue weighted by molar-refractivity contribution is 9.10. The SMILES string of the molecule is CC(C)(C)OC(=O)NCCC(=O)N1CCC(CNC(=O)c2ccc(Br)cc2)CC1. The molecule has 1 heterocycles. The highest BCUT2D eigenvalue weighted by Gasteiger charge is 2.23. The molecule has 0 atom stereocenters. The molecule has 0 saturated carbocycles. The summed E-state index contributed by atoms with van der Waals surface area (Å²) < 4.78 is 6.09. The molecule has 0 bridgehead atoms. The Kier molecular flexibility index (Phi) is 8.49. The van der Waals surface area contributed by atoms with Crippen molar-refractivity contribution in [2.24, 2.45) is 5.92 Å². The molecule has 2 N–H and O–H groups in total. The molecular formula is C21H30BrN3O4. The molecule has 1 fully saturated rings. The maximum Gasteiger partial charge on any atom is 0.407 e. The van der Waals surface area contributed by atoms with Gasteiger partial charge >= 0.3 is 6.09 Å². The van der Waals surface area contributed by atoms with Gasteiger partial charge in [0.15, 0.2) is 0 Å². The Bertz CT molecular complexity index is 708. The zero-order valence-electron chi connectivity index (χ0n) is 17.3. The highest BCUT2D eigenvalue weighted by atomic mass is 79.9. The normalized spacial score (nSPS) is 15.0. The van der Waals surface area contributed by atoms with Crippen LogP contribution < -0.4 is 10.6 Å². The van der Waals surface area contributed by atoms with Crippen LogP contribution in [0.1, 0.15) is 50.4 Å². The third-order valence-corrected chi connectivity index (χ3v) is 5.16. The fourth-order valence-electron chi connectivity index (χ4n) is 3.07. The third-order valence-electron chi connectivity index (χ3n) is 4.63. The van der Waals surface area contributed by atoms with Gasteiger partial charge in [0.2, 0.25) is 5.91 Å². The summed E-state index contributed by atoms with van der Waals surface area (Å²) in [7, 11) is 0. The average molecular weight is 468 g/mol. The van der Waals surface area contributed by atoms with Gasteiger partial charge < -0.3 is 20.3 Å². The van der Waals surface area contributed by atoms with Crippen molar-refractivity contribution in [3.05, 3.63) is 34.3 Å². The molecule has 1 aliphatic heterocycles. The molecule has 7 nitrogen and oxygen atoms in total. The maximum atomic E-state index is 12.3. The second kappa shape index (κ2) is 10.6. The van der Waals surface area contributed by atoms with Gasteiger partial charge in [-0.1, -0.05) is 15.9 Å². The number of nitrogens with one attached hydrogen (secondary N) is 2. The van der Waals surface area contributed by atoms with Gasteiger partial charge in [0.25, 0.3) is 5.91 Å². The molecule has 160 valence electrons. The minimum atomic E-state index is -0.553. The lowest BCUT2D eigenvalue weighted by molar-refractivity contribution is -0.132. The number of hydrogen-bond acceptors (Lipinski definition) is 4. The van der Waals surface area contributed by atoms with Crippen molar-refractivity contribution in [3.8, 4) is 0 Å². The number of carbonyl (C=O) groups excluding carboxylic acids is 3. The van der Waals surface area contributed by atoms with Crippen molar-refractivity contribution in [1.29, 1.82) is 0 Å². The summed E-state index contributed by atoms with van der Waals surface area (Å²) in [5.74, 6) is 0.306. The summed E-state index contributed by atoms with van der Waals surface area (Å²) in [6.45, 7) is 7.60. The van der Waals surface area contributed by atoms with Gasteiger partial charge in [-0.3, -0.25) is 9.59 Å². The number of likely N-dealkylation sites (tertiary alicyclic amines) is 1. The molecule has 0 aliphatic carbocycles. The van der Waals surface area contributed by atoms with Crippen LogP contribution in [0.3, 0.4) is 0 Å². The average Bonchev–Trinajstić information content (AvgIpc) is 2.65. The van der Waals surface area contributed by atoms with Crippen molar-refractivity contribution < 1.29 is 19.1 Å². The van der Waals surface area contributed by atoms with E-state index < -0.39 is 11.7 Å². The summed E-state index contributed by atoms with van der Waals surface area (Å²) in [4.78, 5) is 37.9. The van der Waals surface area contributed by atoms with E-state index in [1.165, 1.54) is 0 Å². The molecule has 1 aromatic carbocycles. The van der Waals surface area contributed by atoms with E-state index in [0.717, 1.165) is 17.3 Å². The fourth-order valence-corrected chi connectivity index (χ4v) is 3.33. The molecule has 29 heavy (non-hydrogen) atoms. The predicted molar refractivity (Wildman–Crippen MR) is 115 cm³/mol. The maximum absolute atomic E-state index is 12.3. The van der Waals surface area contributed by atoms with E-state index in [1.54, 1.807) is 32.9 Å². The van der Waals surface area contributed by atoms with Crippen molar-refractivity contribution in [2.75, 3.05) is 26.2 Å². The number of halogens is 1. The first kappa shape index (κ1) is 23.2. The molecular weight excluding hydrogens is 438 g/mol. The molecule has 1 saturated heterocycles. The third kappa shape index (κ3) is 8.43. The zero-order valence-corrected chi connectivity index (χ0v) is 18.9. The lowest BCUT2D eigenvalue weighted by Crippen LogP contribution is -2.42. The molecule has 0 unspecified atom stereocenters. The van der Waals surface area contributed by atoms with E-state index in [2.05, 4.69) is 26.6 Å². The van der Waals surface area contributed by atoms with Crippen LogP contribution in [0.15, 0.2) is 28.7 Å². The standard InChI is InChI=1S/C21H30BrN3O4/c1-21(2,3)29-20(28)23-11-8-18(26)25-12-9-15(10-13-25)14-24-19(27)16-4-6-17(22)7-5-16/h4-7,15H,8-14H2,1-3H3,(H,23,28)(H,24,27). The van der Waals surface area contributed by atoms with Gasteiger partial charge in [-0.25, -0.2) is 4.79 Å². The molecule has 1 aromatic rings. The van der Waals surface area contributed by atoms with E-state index in [0.29, 0.717) is 31.1 Å². The minimum absolute atomic E-state index is 0.0263. The number of rotatable bonds is 6. The van der Waals surface area contributed by atoms with E-state index >= 15 is 0 Å². The lowest BCUT2D eigenvalue weighted by Gasteiger charge is -2.32. The monoisotopic (exact) mass is 467 g/mol. The molecule has 3 amide bonds. The van der Waals surface area contributed by atoms with Crippen LogP contribution in [0.2, 0.25) is 0 Å². The van der Waals surface area contributed by atoms with Crippen LogP contribution in [-0.4, -0.2) is 54.6 Å². The van der Waals surface area contributed by atoms with Crippen LogP contribution in [0.4, 0.5) is 4.79 Å². The van der Waals surface area contributed by atoms with Gasteiger partial charge in [0, 0.05) is 42.6 Å². The minimum Gasteiger partial charge on any atom is -0.444 e. The quantitative estimate of drug-likeness (QED) is 0.671. The van der Waals surface area contributed by atoms with Crippen LogP contribution in [0.5, 0.6) is 0 Å². The van der Waals surface area contributed by atoms with Crippen molar-refractivity contribution >= 4 is 33.8 Å². The van der Waals surface area contributed by atoms with Crippen LogP contribution >= 0.6 is 15.9 Å². The highest BCUT2D eigenvalue weighted by Crippen LogP contribution is 2.17. The van der Waals surface area contributed by atoms with Crippen LogP contribution in [0, 0.1) is 5.92 Å². The molecule has 8 heteroatoms. The summed E-state index contributed by atoms with van der Waals surface area (Å²) >= 11 is 3.36. The summed E-state index contributed by atoms with van der Waals surface area (Å²) in [5.41, 5.74) is 0.0845. The first-order valence-corrected chi connectivity index (χ1v) is 10.7. The second-order valence-corrected chi connectivity index (χ2v) is 9.14. The Balaban J connectivity index is 1.64. The van der Waals surface area contributed by atoms with Crippen LogP contribution in [0.25, 0.3) is 0 Å². The number of benzene rings is 1. The number of carbonyl (C=O) groups is 3. The second-order valence-electron chi connectivity index (χ2n) is 8.22. The van der Waals surface area contributed by atoms with E-state index in [-0.39, 0.29) is 24.8 Å². The largest absolute Gasteiger partial charge is 0.444 e. The van der Waals surface area contributed by atoms with Crippen molar-refractivity contribution in [2.45, 2.75) is 45.6 Å². The van der Waals surface area contributed by atoms with E-state index in [4.69, 9.17) is 4.74 Å². The lowest BCUT2D eigenvalue weighted by atomic mass is 9.96. The number of ether oxygens (including phenoxy) is 1. The van der Waals surface area contributed by atoms with E-state index in [1.807, 2.05) is 17.0 Å². The Labute approximate surface area is 180 Å². The number of alkyl carbamates (subject to hydrolysis) is 1. The summed E-state index contributed by atoms with van der Waals surface area (Å²) in [6.07, 6.45) is 1.45. The van der Waals surface area contributed by atoms with Crippen molar-refractivity contribution in [3.63, 3.8) is 0 Å². The fraction of sp³-hybridized carbons (Fsp3) is 0.571. The van der Waals surface area contributed by atoms with E-state index in [9.17, 15) is 14.4 Å². The number of piperidine rings is 1. The number of amides is 3. The molecule has 0 aromatic heterocycles. The zero-order chi connectivity index (χ0) is 21.4. The Morgan fingerprint density at radius 1 is 1.10 bits per heavy atom. The summed E-state index contributed by atoms with van der Waals surface area (Å²) in [5, 5.41) is 5.59. The first-order chi connectivity index (χ1) is 13.6. The van der Waals surface area contributed by atoms with Crippen molar-refractivity contribution in [1.82, 2.24) is 15.5 Å². The Morgan fingerprint density at radius 2 is 1.72 bits per heavy atom. The Morgan fingerprint density at radius 3 is 2.31 bits per heavy atom. The smallest absolute Gasteiger partial charge is 0.407 e. The Hall–Kier alpha value is -2.09. The van der Waals surface area contributed by atoms with Gasteiger partial charge in [0.1, 0.15) is 5.60 Å². The van der Waals surface area contributed by atoms with Gasteiger partial charge in [-0.2, -0.15) is 0 Å². The molecule has 0 spiro atoms. The number of hydrogen-bond donors (Lipinski definition) is 2. The van der Waals surface area contributed by atoms with Crippen LogP contribution in [-0.2, 0) is 9.53 Å². The van der Waals surface area contributed by atoms with Gasteiger partial charge in [-0.15, -0.1) is 0 Å².